The zero-order chi connectivity index (χ0) is 16.9. The van der Waals surface area contributed by atoms with Crippen molar-refractivity contribution in [2.24, 2.45) is 0 Å². The molecule has 0 bridgehead atoms. The van der Waals surface area contributed by atoms with E-state index >= 15 is 0 Å². The molecule has 0 saturated heterocycles. The third-order valence-corrected chi connectivity index (χ3v) is 5.08. The highest BCUT2D eigenvalue weighted by molar-refractivity contribution is 7.89. The minimum atomic E-state index is -3.60. The summed E-state index contributed by atoms with van der Waals surface area (Å²) in [6, 6.07) is 13.4. The van der Waals surface area contributed by atoms with Gasteiger partial charge in [-0.15, -0.1) is 0 Å². The number of ether oxygens (including phenoxy) is 2. The van der Waals surface area contributed by atoms with Crippen molar-refractivity contribution >= 4 is 10.0 Å². The Hall–Kier alpha value is -2.05. The lowest BCUT2D eigenvalue weighted by Crippen LogP contribution is -2.28. The maximum atomic E-state index is 12.5. The van der Waals surface area contributed by atoms with E-state index in [0.29, 0.717) is 12.2 Å². The average molecular weight is 335 g/mol. The molecule has 0 fully saturated rings. The molecule has 2 rings (SSSR count). The van der Waals surface area contributed by atoms with Gasteiger partial charge in [-0.05, 0) is 48.4 Å². The first-order chi connectivity index (χ1) is 11.0. The zero-order valence-corrected chi connectivity index (χ0v) is 14.3. The largest absolute Gasteiger partial charge is 0.497 e. The Labute approximate surface area is 137 Å². The monoisotopic (exact) mass is 335 g/mol. The van der Waals surface area contributed by atoms with E-state index in [9.17, 15) is 8.42 Å². The molecule has 5 nitrogen and oxygen atoms in total. The fourth-order valence-corrected chi connectivity index (χ4v) is 3.54. The van der Waals surface area contributed by atoms with Gasteiger partial charge >= 0.3 is 0 Å². The lowest BCUT2D eigenvalue weighted by atomic mass is 10.1. The summed E-state index contributed by atoms with van der Waals surface area (Å²) in [4.78, 5) is 0.213. The summed E-state index contributed by atoms with van der Waals surface area (Å²) in [5, 5.41) is 0. The van der Waals surface area contributed by atoms with E-state index in [1.807, 2.05) is 31.2 Å². The summed E-state index contributed by atoms with van der Waals surface area (Å²) < 4.78 is 38.0. The van der Waals surface area contributed by atoms with Crippen LogP contribution < -0.4 is 14.2 Å². The SMILES string of the molecule is CCC(NS(=O)(=O)c1ccc(OC)cc1)c1ccc(OC)cc1. The fourth-order valence-electron chi connectivity index (χ4n) is 2.23. The van der Waals surface area contributed by atoms with E-state index in [2.05, 4.69) is 4.72 Å². The Morgan fingerprint density at radius 1 is 0.913 bits per heavy atom. The van der Waals surface area contributed by atoms with Gasteiger partial charge < -0.3 is 9.47 Å². The van der Waals surface area contributed by atoms with Crippen molar-refractivity contribution in [3.05, 3.63) is 54.1 Å². The van der Waals surface area contributed by atoms with Crippen LogP contribution in [0, 0.1) is 0 Å². The van der Waals surface area contributed by atoms with Crippen LogP contribution in [0.5, 0.6) is 11.5 Å². The van der Waals surface area contributed by atoms with Crippen molar-refractivity contribution in [3.8, 4) is 11.5 Å². The molecular formula is C17H21NO4S. The van der Waals surface area contributed by atoms with Crippen LogP contribution in [-0.4, -0.2) is 22.6 Å². The van der Waals surface area contributed by atoms with Crippen molar-refractivity contribution in [2.75, 3.05) is 14.2 Å². The van der Waals surface area contributed by atoms with Gasteiger partial charge in [-0.1, -0.05) is 19.1 Å². The van der Waals surface area contributed by atoms with Gasteiger partial charge in [-0.25, -0.2) is 13.1 Å². The second kappa shape index (κ2) is 7.48. The summed E-state index contributed by atoms with van der Waals surface area (Å²) >= 11 is 0. The number of rotatable bonds is 7. The molecular weight excluding hydrogens is 314 g/mol. The van der Waals surface area contributed by atoms with E-state index in [-0.39, 0.29) is 10.9 Å². The summed E-state index contributed by atoms with van der Waals surface area (Å²) in [5.41, 5.74) is 0.894. The van der Waals surface area contributed by atoms with Gasteiger partial charge in [0.25, 0.3) is 0 Å². The van der Waals surface area contributed by atoms with Crippen molar-refractivity contribution < 1.29 is 17.9 Å². The van der Waals surface area contributed by atoms with Gasteiger partial charge in [-0.3, -0.25) is 0 Å². The molecule has 0 radical (unpaired) electrons. The minimum Gasteiger partial charge on any atom is -0.497 e. The number of nitrogens with one attached hydrogen (secondary N) is 1. The van der Waals surface area contributed by atoms with Crippen LogP contribution in [-0.2, 0) is 10.0 Å². The molecule has 0 aromatic heterocycles. The molecule has 0 heterocycles. The maximum absolute atomic E-state index is 12.5. The van der Waals surface area contributed by atoms with Gasteiger partial charge in [0.1, 0.15) is 11.5 Å². The molecule has 0 amide bonds. The van der Waals surface area contributed by atoms with Crippen molar-refractivity contribution in [3.63, 3.8) is 0 Å². The van der Waals surface area contributed by atoms with E-state index in [1.165, 1.54) is 12.1 Å². The van der Waals surface area contributed by atoms with E-state index in [0.717, 1.165) is 11.3 Å². The first-order valence-electron chi connectivity index (χ1n) is 7.30. The van der Waals surface area contributed by atoms with Crippen LogP contribution >= 0.6 is 0 Å². The molecule has 2 aromatic carbocycles. The molecule has 0 aliphatic rings. The van der Waals surface area contributed by atoms with Crippen molar-refractivity contribution in [1.29, 1.82) is 0 Å². The Morgan fingerprint density at radius 3 is 1.83 bits per heavy atom. The van der Waals surface area contributed by atoms with Crippen LogP contribution in [0.15, 0.2) is 53.4 Å². The fraction of sp³-hybridized carbons (Fsp3) is 0.294. The molecule has 0 aliphatic heterocycles. The number of benzene rings is 2. The molecule has 2 aromatic rings. The van der Waals surface area contributed by atoms with Gasteiger partial charge in [0, 0.05) is 6.04 Å². The van der Waals surface area contributed by atoms with Gasteiger partial charge in [0.05, 0.1) is 19.1 Å². The Morgan fingerprint density at radius 2 is 1.39 bits per heavy atom. The Bertz CT molecular complexity index is 724. The normalized spacial score (nSPS) is 12.7. The van der Waals surface area contributed by atoms with Crippen LogP contribution in [0.4, 0.5) is 0 Å². The zero-order valence-electron chi connectivity index (χ0n) is 13.4. The number of methoxy groups -OCH3 is 2. The molecule has 1 atom stereocenters. The lowest BCUT2D eigenvalue weighted by Gasteiger charge is -2.18. The average Bonchev–Trinajstić information content (AvgIpc) is 2.60. The molecule has 6 heteroatoms. The van der Waals surface area contributed by atoms with E-state index in [4.69, 9.17) is 9.47 Å². The highest BCUT2D eigenvalue weighted by atomic mass is 32.2. The highest BCUT2D eigenvalue weighted by Crippen LogP contribution is 2.23. The molecule has 124 valence electrons. The third-order valence-electron chi connectivity index (χ3n) is 3.59. The second-order valence-electron chi connectivity index (χ2n) is 5.03. The minimum absolute atomic E-state index is 0.213. The Balaban J connectivity index is 2.21. The van der Waals surface area contributed by atoms with Gasteiger partial charge in [0.2, 0.25) is 10.0 Å². The summed E-state index contributed by atoms with van der Waals surface area (Å²) in [7, 11) is -0.461. The maximum Gasteiger partial charge on any atom is 0.241 e. The second-order valence-corrected chi connectivity index (χ2v) is 6.74. The predicted octanol–water partition coefficient (Wildman–Crippen LogP) is 3.13. The molecule has 1 N–H and O–H groups in total. The highest BCUT2D eigenvalue weighted by Gasteiger charge is 2.20. The molecule has 0 aliphatic carbocycles. The van der Waals surface area contributed by atoms with Crippen LogP contribution in [0.2, 0.25) is 0 Å². The van der Waals surface area contributed by atoms with Gasteiger partial charge in [0.15, 0.2) is 0 Å². The van der Waals surface area contributed by atoms with Crippen LogP contribution in [0.3, 0.4) is 0 Å². The predicted molar refractivity (Wildman–Crippen MR) is 89.3 cm³/mol. The Kier molecular flexibility index (Phi) is 5.63. The first kappa shape index (κ1) is 17.3. The standard InChI is InChI=1S/C17H21NO4S/c1-4-17(13-5-7-14(21-2)8-6-13)18-23(19,20)16-11-9-15(22-3)10-12-16/h5-12,17-18H,4H2,1-3H3. The number of hydrogen-bond donors (Lipinski definition) is 1. The molecule has 0 saturated carbocycles. The quantitative estimate of drug-likeness (QED) is 0.844. The van der Waals surface area contributed by atoms with E-state index < -0.39 is 10.0 Å². The molecule has 0 spiro atoms. The van der Waals surface area contributed by atoms with E-state index in [1.54, 1.807) is 26.4 Å². The summed E-state index contributed by atoms with van der Waals surface area (Å²) in [6.45, 7) is 1.94. The number of sulfonamides is 1. The first-order valence-corrected chi connectivity index (χ1v) is 8.78. The van der Waals surface area contributed by atoms with Crippen LogP contribution in [0.1, 0.15) is 24.9 Å². The smallest absolute Gasteiger partial charge is 0.241 e. The van der Waals surface area contributed by atoms with Crippen LogP contribution in [0.25, 0.3) is 0 Å². The topological polar surface area (TPSA) is 64.6 Å². The third kappa shape index (κ3) is 4.24. The summed E-state index contributed by atoms with van der Waals surface area (Å²) in [6.07, 6.45) is 0.641. The van der Waals surface area contributed by atoms with Gasteiger partial charge in [-0.2, -0.15) is 0 Å². The molecule has 23 heavy (non-hydrogen) atoms. The van der Waals surface area contributed by atoms with Crippen molar-refractivity contribution in [2.45, 2.75) is 24.3 Å². The molecule has 1 unspecified atom stereocenters. The lowest BCUT2D eigenvalue weighted by molar-refractivity contribution is 0.414. The summed E-state index contributed by atoms with van der Waals surface area (Å²) in [5.74, 6) is 1.35. The number of hydrogen-bond acceptors (Lipinski definition) is 4. The van der Waals surface area contributed by atoms with Crippen molar-refractivity contribution in [1.82, 2.24) is 4.72 Å².